The number of hydrogen-bond acceptors (Lipinski definition) is 6. The first kappa shape index (κ1) is 25.1. The molecule has 1 saturated heterocycles. The third kappa shape index (κ3) is 6.07. The minimum absolute atomic E-state index is 0.0266. The molecule has 1 heterocycles. The topological polar surface area (TPSA) is 41.6 Å². The number of carbonyl (C=O) groups excluding carboxylic acids is 1. The van der Waals surface area contributed by atoms with Crippen LogP contribution in [0.2, 0.25) is 5.02 Å². The van der Waals surface area contributed by atoms with Crippen LogP contribution >= 0.6 is 36.4 Å². The molecule has 0 bridgehead atoms. The van der Waals surface area contributed by atoms with E-state index in [9.17, 15) is 18.0 Å². The number of halogens is 4. The Labute approximate surface area is 200 Å². The van der Waals surface area contributed by atoms with Gasteiger partial charge in [-0.15, -0.1) is 0 Å². The third-order valence-electron chi connectivity index (χ3n) is 4.77. The quantitative estimate of drug-likeness (QED) is 0.258. The molecule has 174 valence electrons. The molecule has 1 fully saturated rings. The smallest absolute Gasteiger partial charge is 0.417 e. The van der Waals surface area contributed by atoms with Crippen molar-refractivity contribution in [2.45, 2.75) is 56.3 Å². The lowest BCUT2D eigenvalue weighted by molar-refractivity contribution is -0.158. The van der Waals surface area contributed by atoms with Gasteiger partial charge in [-0.3, -0.25) is 4.79 Å². The van der Waals surface area contributed by atoms with Crippen molar-refractivity contribution in [1.82, 2.24) is 4.31 Å². The van der Waals surface area contributed by atoms with Gasteiger partial charge in [-0.1, -0.05) is 36.5 Å². The average molecular weight is 505 g/mol. The molecule has 0 amide bonds. The van der Waals surface area contributed by atoms with E-state index in [4.69, 9.17) is 16.3 Å². The maximum atomic E-state index is 13.7. The fraction of sp³-hybridized carbons (Fsp3) is 0.409. The normalized spacial score (nSPS) is 17.4. The lowest BCUT2D eigenvalue weighted by Crippen LogP contribution is -2.37. The zero-order valence-electron chi connectivity index (χ0n) is 17.8. The van der Waals surface area contributed by atoms with Crippen molar-refractivity contribution in [3.05, 3.63) is 47.0 Å². The molecule has 0 saturated carbocycles. The Morgan fingerprint density at radius 1 is 1.22 bits per heavy atom. The number of nitrogens with zero attached hydrogens (tertiary/aromatic N) is 1. The first-order valence-electron chi connectivity index (χ1n) is 9.98. The molecular weight excluding hydrogens is 481 g/mol. The number of hydrogen-bond donors (Lipinski definition) is 2. The lowest BCUT2D eigenvalue weighted by atomic mass is 9.98. The molecule has 2 aromatic rings. The van der Waals surface area contributed by atoms with Crippen LogP contribution in [0.4, 0.5) is 18.9 Å². The molecule has 2 aromatic carbocycles. The zero-order chi connectivity index (χ0) is 23.7. The molecule has 1 aliphatic heterocycles. The van der Waals surface area contributed by atoms with E-state index in [0.717, 1.165) is 23.9 Å². The van der Waals surface area contributed by atoms with Crippen molar-refractivity contribution >= 4 is 48.0 Å². The summed E-state index contributed by atoms with van der Waals surface area (Å²) in [7, 11) is 0. The lowest BCUT2D eigenvalue weighted by Gasteiger charge is -2.26. The van der Waals surface area contributed by atoms with Crippen molar-refractivity contribution in [2.24, 2.45) is 0 Å². The van der Waals surface area contributed by atoms with Crippen molar-refractivity contribution < 1.29 is 22.7 Å². The maximum Gasteiger partial charge on any atom is 0.417 e. The van der Waals surface area contributed by atoms with Crippen LogP contribution in [0.1, 0.15) is 39.2 Å². The van der Waals surface area contributed by atoms with E-state index in [1.54, 1.807) is 24.3 Å². The Kier molecular flexibility index (Phi) is 7.64. The van der Waals surface area contributed by atoms with Gasteiger partial charge in [-0.05, 0) is 75.4 Å². The van der Waals surface area contributed by atoms with Gasteiger partial charge in [-0.2, -0.15) is 13.2 Å². The monoisotopic (exact) mass is 504 g/mol. The van der Waals surface area contributed by atoms with E-state index in [1.165, 1.54) is 18.0 Å². The summed E-state index contributed by atoms with van der Waals surface area (Å²) in [5.74, 6) is -0.265. The van der Waals surface area contributed by atoms with Crippen LogP contribution in [-0.2, 0) is 15.7 Å². The molecule has 3 rings (SSSR count). The van der Waals surface area contributed by atoms with Gasteiger partial charge >= 0.3 is 12.1 Å². The second-order valence-electron chi connectivity index (χ2n) is 8.44. The highest BCUT2D eigenvalue weighted by atomic mass is 35.5. The number of anilines is 1. The Balaban J connectivity index is 1.83. The fourth-order valence-corrected chi connectivity index (χ4v) is 4.99. The number of ether oxygens (including phenoxy) is 1. The number of alkyl halides is 3. The van der Waals surface area contributed by atoms with Crippen LogP contribution in [0.3, 0.4) is 0 Å². The summed E-state index contributed by atoms with van der Waals surface area (Å²) in [4.78, 5) is 13.3. The summed E-state index contributed by atoms with van der Waals surface area (Å²) in [5.41, 5.74) is -0.987. The largest absolute Gasteiger partial charge is 0.459 e. The Hall–Kier alpha value is -1.55. The molecule has 0 spiro atoms. The molecule has 1 N–H and O–H groups in total. The van der Waals surface area contributed by atoms with Gasteiger partial charge in [0.2, 0.25) is 0 Å². The highest BCUT2D eigenvalue weighted by molar-refractivity contribution is 7.97. The number of esters is 1. The summed E-state index contributed by atoms with van der Waals surface area (Å²) in [6.07, 6.45) is -3.01. The van der Waals surface area contributed by atoms with Gasteiger partial charge in [0, 0.05) is 22.7 Å². The fourth-order valence-electron chi connectivity index (χ4n) is 3.46. The Bertz CT molecular complexity index is 979. The minimum atomic E-state index is -4.58. The number of carbonyl (C=O) groups is 1. The molecule has 0 aliphatic carbocycles. The summed E-state index contributed by atoms with van der Waals surface area (Å²) in [5, 5.41) is -0.0266. The second-order valence-corrected chi connectivity index (χ2v) is 10.2. The van der Waals surface area contributed by atoms with Gasteiger partial charge in [0.1, 0.15) is 11.6 Å². The highest BCUT2D eigenvalue weighted by Gasteiger charge is 2.36. The van der Waals surface area contributed by atoms with Crippen LogP contribution in [0.25, 0.3) is 11.1 Å². The Morgan fingerprint density at radius 2 is 1.88 bits per heavy atom. The van der Waals surface area contributed by atoms with Crippen LogP contribution in [0, 0.1) is 0 Å². The molecule has 0 unspecified atom stereocenters. The summed E-state index contributed by atoms with van der Waals surface area (Å²) < 4.78 is 50.8. The van der Waals surface area contributed by atoms with Crippen molar-refractivity contribution in [1.29, 1.82) is 0 Å². The van der Waals surface area contributed by atoms with Gasteiger partial charge in [0.25, 0.3) is 0 Å². The van der Waals surface area contributed by atoms with Gasteiger partial charge in [-0.25, -0.2) is 4.31 Å². The van der Waals surface area contributed by atoms with Crippen LogP contribution in [0.15, 0.2) is 41.3 Å². The van der Waals surface area contributed by atoms with Crippen molar-refractivity contribution in [3.63, 3.8) is 0 Å². The van der Waals surface area contributed by atoms with Crippen molar-refractivity contribution in [3.8, 4) is 11.1 Å². The average Bonchev–Trinajstić information content (AvgIpc) is 3.14. The molecule has 32 heavy (non-hydrogen) atoms. The second kappa shape index (κ2) is 9.75. The van der Waals surface area contributed by atoms with Gasteiger partial charge < -0.3 is 9.46 Å². The van der Waals surface area contributed by atoms with Crippen LogP contribution in [-0.4, -0.2) is 28.5 Å². The Morgan fingerprint density at radius 3 is 2.44 bits per heavy atom. The van der Waals surface area contributed by atoms with Gasteiger partial charge in [0.15, 0.2) is 0 Å². The number of rotatable bonds is 5. The van der Waals surface area contributed by atoms with E-state index in [0.29, 0.717) is 12.0 Å². The van der Waals surface area contributed by atoms with E-state index in [2.05, 4.69) is 17.5 Å². The number of benzene rings is 2. The summed E-state index contributed by atoms with van der Waals surface area (Å²) >= 11 is 11.4. The molecule has 4 nitrogen and oxygen atoms in total. The first-order valence-corrected chi connectivity index (χ1v) is 11.6. The molecule has 1 aliphatic rings. The van der Waals surface area contributed by atoms with E-state index in [1.807, 2.05) is 25.1 Å². The molecule has 1 atom stereocenters. The predicted octanol–water partition coefficient (Wildman–Crippen LogP) is 7.10. The molecule has 10 heteroatoms. The maximum absolute atomic E-state index is 13.7. The standard InChI is InChI=1S/C22H24ClF3N2O2S2/c1-21(2,3)30-20(29)18-5-4-10-28(18)32-15-8-6-13(7-9-15)19-16(22(24,25)26)11-14(27-31)12-17(19)23/h6-9,11-12,18,27,31H,4-5,10H2,1-3H3/t18-/m0/s1. The SMILES string of the molecule is CC(C)(C)OC(=O)[C@@H]1CCCN1Sc1ccc(-c2c(Cl)cc(NS)cc2C(F)(F)F)cc1. The summed E-state index contributed by atoms with van der Waals surface area (Å²) in [6, 6.07) is 8.68. The van der Waals surface area contributed by atoms with E-state index in [-0.39, 0.29) is 28.3 Å². The van der Waals surface area contributed by atoms with Gasteiger partial charge in [0.05, 0.1) is 10.6 Å². The predicted molar refractivity (Wildman–Crippen MR) is 126 cm³/mol. The third-order valence-corrected chi connectivity index (χ3v) is 6.48. The highest BCUT2D eigenvalue weighted by Crippen LogP contribution is 2.43. The zero-order valence-corrected chi connectivity index (χ0v) is 20.3. The van der Waals surface area contributed by atoms with E-state index < -0.39 is 17.3 Å². The first-order chi connectivity index (χ1) is 14.9. The van der Waals surface area contributed by atoms with Crippen LogP contribution < -0.4 is 4.72 Å². The van der Waals surface area contributed by atoms with E-state index >= 15 is 0 Å². The van der Waals surface area contributed by atoms with Crippen molar-refractivity contribution in [2.75, 3.05) is 11.3 Å². The minimum Gasteiger partial charge on any atom is -0.459 e. The number of thiol groups is 1. The van der Waals surface area contributed by atoms with Crippen LogP contribution in [0.5, 0.6) is 0 Å². The molecule has 0 radical (unpaired) electrons. The molecular formula is C22H24ClF3N2O2S2. The summed E-state index contributed by atoms with van der Waals surface area (Å²) in [6.45, 7) is 6.21. The number of nitrogens with one attached hydrogen (secondary N) is 1. The molecule has 0 aromatic heterocycles.